The summed E-state index contributed by atoms with van der Waals surface area (Å²) in [7, 11) is 0. The van der Waals surface area contributed by atoms with Crippen LogP contribution < -0.4 is 5.32 Å². The highest BCUT2D eigenvalue weighted by Gasteiger charge is 2.04. The fourth-order valence-corrected chi connectivity index (χ4v) is 2.59. The van der Waals surface area contributed by atoms with Crippen LogP contribution in [0.2, 0.25) is 15.1 Å². The first kappa shape index (κ1) is 14.0. The van der Waals surface area contributed by atoms with Crippen molar-refractivity contribution in [3.63, 3.8) is 0 Å². The number of hydrogen-bond donors (Lipinski definition) is 1. The molecule has 0 radical (unpaired) electrons. The molecular weight excluding hydrogens is 356 g/mol. The summed E-state index contributed by atoms with van der Waals surface area (Å²) in [5.41, 5.74) is 1.79. The van der Waals surface area contributed by atoms with Gasteiger partial charge in [-0.2, -0.15) is 0 Å². The van der Waals surface area contributed by atoms with Crippen LogP contribution in [0.4, 0.5) is 5.69 Å². The number of benzene rings is 2. The van der Waals surface area contributed by atoms with E-state index in [0.717, 1.165) is 15.7 Å². The van der Waals surface area contributed by atoms with Crippen molar-refractivity contribution in [2.45, 2.75) is 6.54 Å². The van der Waals surface area contributed by atoms with Crippen LogP contribution in [0.25, 0.3) is 0 Å². The standard InChI is InChI=1S/C13H9BrCl3N/c14-9-2-1-8(12(17)5-9)7-18-13-6-10(15)3-4-11(13)16/h1-6,18H,7H2. The maximum absolute atomic E-state index is 6.14. The molecule has 0 aliphatic carbocycles. The highest BCUT2D eigenvalue weighted by Crippen LogP contribution is 2.27. The lowest BCUT2D eigenvalue weighted by atomic mass is 10.2. The average Bonchev–Trinajstić information content (AvgIpc) is 2.32. The minimum Gasteiger partial charge on any atom is -0.380 e. The van der Waals surface area contributed by atoms with Crippen LogP contribution in [0.15, 0.2) is 40.9 Å². The lowest BCUT2D eigenvalue weighted by Gasteiger charge is -2.10. The number of nitrogens with one attached hydrogen (secondary N) is 1. The van der Waals surface area contributed by atoms with Crippen molar-refractivity contribution in [2.24, 2.45) is 0 Å². The largest absolute Gasteiger partial charge is 0.380 e. The van der Waals surface area contributed by atoms with Gasteiger partial charge in [-0.05, 0) is 35.9 Å². The van der Waals surface area contributed by atoms with Gasteiger partial charge in [-0.3, -0.25) is 0 Å². The Bertz CT molecular complexity index is 572. The van der Waals surface area contributed by atoms with Gasteiger partial charge in [-0.15, -0.1) is 0 Å². The highest BCUT2D eigenvalue weighted by atomic mass is 79.9. The third-order valence-corrected chi connectivity index (χ3v) is 3.82. The Morgan fingerprint density at radius 2 is 1.72 bits per heavy atom. The van der Waals surface area contributed by atoms with E-state index in [1.807, 2.05) is 18.2 Å². The van der Waals surface area contributed by atoms with E-state index >= 15 is 0 Å². The first-order chi connectivity index (χ1) is 8.56. The molecule has 1 nitrogen and oxygen atoms in total. The minimum atomic E-state index is 0.589. The molecule has 2 rings (SSSR count). The Kier molecular flexibility index (Phi) is 4.79. The number of anilines is 1. The molecule has 0 unspecified atom stereocenters. The molecule has 5 heteroatoms. The van der Waals surface area contributed by atoms with E-state index < -0.39 is 0 Å². The summed E-state index contributed by atoms with van der Waals surface area (Å²) in [5, 5.41) is 5.19. The van der Waals surface area contributed by atoms with Gasteiger partial charge in [0.05, 0.1) is 10.7 Å². The maximum Gasteiger partial charge on any atom is 0.0638 e. The van der Waals surface area contributed by atoms with Gasteiger partial charge in [-0.1, -0.05) is 56.8 Å². The normalized spacial score (nSPS) is 10.4. The molecule has 0 atom stereocenters. The van der Waals surface area contributed by atoms with E-state index in [1.54, 1.807) is 18.2 Å². The van der Waals surface area contributed by atoms with Crippen molar-refractivity contribution in [3.8, 4) is 0 Å². The molecule has 0 bridgehead atoms. The molecule has 0 heterocycles. The third-order valence-electron chi connectivity index (χ3n) is 2.41. The smallest absolute Gasteiger partial charge is 0.0638 e. The van der Waals surface area contributed by atoms with Gasteiger partial charge < -0.3 is 5.32 Å². The summed E-state index contributed by atoms with van der Waals surface area (Å²) in [6.45, 7) is 0.589. The molecule has 0 amide bonds. The van der Waals surface area contributed by atoms with Crippen molar-refractivity contribution in [1.29, 1.82) is 0 Å². The molecule has 0 spiro atoms. The number of rotatable bonds is 3. The second kappa shape index (κ2) is 6.16. The van der Waals surface area contributed by atoms with Crippen molar-refractivity contribution in [2.75, 3.05) is 5.32 Å². The Morgan fingerprint density at radius 3 is 2.44 bits per heavy atom. The van der Waals surface area contributed by atoms with E-state index in [4.69, 9.17) is 34.8 Å². The van der Waals surface area contributed by atoms with E-state index in [2.05, 4.69) is 21.2 Å². The molecule has 94 valence electrons. The molecule has 2 aromatic carbocycles. The van der Waals surface area contributed by atoms with Crippen molar-refractivity contribution < 1.29 is 0 Å². The first-order valence-electron chi connectivity index (χ1n) is 5.19. The zero-order chi connectivity index (χ0) is 13.1. The monoisotopic (exact) mass is 363 g/mol. The SMILES string of the molecule is Clc1ccc(Cl)c(NCc2ccc(Br)cc2Cl)c1. The number of hydrogen-bond acceptors (Lipinski definition) is 1. The van der Waals surface area contributed by atoms with Crippen LogP contribution in [0, 0.1) is 0 Å². The Labute approximate surface area is 129 Å². The van der Waals surface area contributed by atoms with Gasteiger partial charge in [0, 0.05) is 21.1 Å². The molecule has 0 aliphatic rings. The lowest BCUT2D eigenvalue weighted by molar-refractivity contribution is 1.15. The summed E-state index contributed by atoms with van der Waals surface area (Å²) in [5.74, 6) is 0. The maximum atomic E-state index is 6.14. The first-order valence-corrected chi connectivity index (χ1v) is 7.12. The predicted octanol–water partition coefficient (Wildman–Crippen LogP) is 6.02. The van der Waals surface area contributed by atoms with E-state index in [0.29, 0.717) is 21.6 Å². The third kappa shape index (κ3) is 3.55. The molecule has 1 N–H and O–H groups in total. The van der Waals surface area contributed by atoms with E-state index in [9.17, 15) is 0 Å². The molecule has 0 fully saturated rings. The van der Waals surface area contributed by atoms with Crippen LogP contribution in [-0.2, 0) is 6.54 Å². The van der Waals surface area contributed by atoms with Gasteiger partial charge in [0.15, 0.2) is 0 Å². The van der Waals surface area contributed by atoms with Crippen LogP contribution >= 0.6 is 50.7 Å². The molecule has 0 aromatic heterocycles. The van der Waals surface area contributed by atoms with Crippen molar-refractivity contribution in [3.05, 3.63) is 61.5 Å². The zero-order valence-electron chi connectivity index (χ0n) is 9.18. The van der Waals surface area contributed by atoms with Gasteiger partial charge in [0.1, 0.15) is 0 Å². The van der Waals surface area contributed by atoms with Crippen LogP contribution in [0.5, 0.6) is 0 Å². The molecule has 0 aliphatic heterocycles. The van der Waals surface area contributed by atoms with Crippen molar-refractivity contribution >= 4 is 56.4 Å². The fourth-order valence-electron chi connectivity index (χ4n) is 1.49. The highest BCUT2D eigenvalue weighted by molar-refractivity contribution is 9.10. The average molecular weight is 365 g/mol. The Morgan fingerprint density at radius 1 is 0.944 bits per heavy atom. The fraction of sp³-hybridized carbons (Fsp3) is 0.0769. The summed E-state index contributed by atoms with van der Waals surface area (Å²) in [6.07, 6.45) is 0. The summed E-state index contributed by atoms with van der Waals surface area (Å²) in [6, 6.07) is 11.1. The summed E-state index contributed by atoms with van der Waals surface area (Å²) < 4.78 is 0.956. The van der Waals surface area contributed by atoms with E-state index in [-0.39, 0.29) is 0 Å². The summed E-state index contributed by atoms with van der Waals surface area (Å²) in [4.78, 5) is 0. The lowest BCUT2D eigenvalue weighted by Crippen LogP contribution is -2.00. The van der Waals surface area contributed by atoms with Gasteiger partial charge in [0.25, 0.3) is 0 Å². The quantitative estimate of drug-likeness (QED) is 0.701. The molecule has 18 heavy (non-hydrogen) atoms. The van der Waals surface area contributed by atoms with Crippen LogP contribution in [-0.4, -0.2) is 0 Å². The summed E-state index contributed by atoms with van der Waals surface area (Å²) >= 11 is 21.5. The molecular formula is C13H9BrCl3N. The van der Waals surface area contributed by atoms with Gasteiger partial charge in [-0.25, -0.2) is 0 Å². The second-order valence-corrected chi connectivity index (χ2v) is 5.88. The Hall–Kier alpha value is -0.410. The molecule has 0 saturated carbocycles. The zero-order valence-corrected chi connectivity index (χ0v) is 13.0. The van der Waals surface area contributed by atoms with Gasteiger partial charge in [0.2, 0.25) is 0 Å². The van der Waals surface area contributed by atoms with E-state index in [1.165, 1.54) is 0 Å². The van der Waals surface area contributed by atoms with Crippen LogP contribution in [0.1, 0.15) is 5.56 Å². The predicted molar refractivity (Wildman–Crippen MR) is 82.9 cm³/mol. The van der Waals surface area contributed by atoms with Crippen LogP contribution in [0.3, 0.4) is 0 Å². The Balaban J connectivity index is 2.13. The second-order valence-electron chi connectivity index (χ2n) is 3.71. The van der Waals surface area contributed by atoms with Gasteiger partial charge >= 0.3 is 0 Å². The minimum absolute atomic E-state index is 0.589. The van der Waals surface area contributed by atoms with Crippen molar-refractivity contribution in [1.82, 2.24) is 0 Å². The topological polar surface area (TPSA) is 12.0 Å². The molecule has 0 saturated heterocycles. The number of halogens is 4. The molecule has 2 aromatic rings.